The van der Waals surface area contributed by atoms with E-state index in [1.54, 1.807) is 7.11 Å². The maximum absolute atomic E-state index is 5.71. The standard InChI is InChI=1S/C17H20BrNO2/c1-12(2)21-16-6-4-5-13(7-16)11-19-15-8-14(18)9-17(10-15)20-3/h4-10,12,19H,11H2,1-3H3. The zero-order valence-corrected chi connectivity index (χ0v) is 14.1. The Kier molecular flexibility index (Phi) is 5.51. The summed E-state index contributed by atoms with van der Waals surface area (Å²) in [5.41, 5.74) is 2.18. The Morgan fingerprint density at radius 2 is 1.90 bits per heavy atom. The lowest BCUT2D eigenvalue weighted by atomic mass is 10.2. The molecule has 0 aromatic heterocycles. The van der Waals surface area contributed by atoms with E-state index in [9.17, 15) is 0 Å². The minimum Gasteiger partial charge on any atom is -0.497 e. The monoisotopic (exact) mass is 349 g/mol. The van der Waals surface area contributed by atoms with Gasteiger partial charge in [0.15, 0.2) is 0 Å². The van der Waals surface area contributed by atoms with Gasteiger partial charge in [0, 0.05) is 22.8 Å². The molecule has 2 aromatic rings. The maximum atomic E-state index is 5.71. The number of ether oxygens (including phenoxy) is 2. The minimum atomic E-state index is 0.183. The average molecular weight is 350 g/mol. The van der Waals surface area contributed by atoms with Crippen molar-refractivity contribution >= 4 is 21.6 Å². The summed E-state index contributed by atoms with van der Waals surface area (Å²) in [4.78, 5) is 0. The third kappa shape index (κ3) is 4.97. The van der Waals surface area contributed by atoms with Gasteiger partial charge in [-0.2, -0.15) is 0 Å². The molecule has 4 heteroatoms. The Balaban J connectivity index is 2.04. The number of hydrogen-bond donors (Lipinski definition) is 1. The normalized spacial score (nSPS) is 10.5. The number of rotatable bonds is 6. The number of halogens is 1. The molecule has 0 amide bonds. The van der Waals surface area contributed by atoms with Crippen molar-refractivity contribution in [3.05, 3.63) is 52.5 Å². The molecule has 112 valence electrons. The van der Waals surface area contributed by atoms with E-state index < -0.39 is 0 Å². The van der Waals surface area contributed by atoms with Gasteiger partial charge in [-0.1, -0.05) is 28.1 Å². The Morgan fingerprint density at radius 3 is 2.62 bits per heavy atom. The molecule has 0 saturated heterocycles. The molecule has 1 N–H and O–H groups in total. The fraction of sp³-hybridized carbons (Fsp3) is 0.294. The molecule has 2 aromatic carbocycles. The van der Waals surface area contributed by atoms with Crippen LogP contribution < -0.4 is 14.8 Å². The molecule has 3 nitrogen and oxygen atoms in total. The predicted octanol–water partition coefficient (Wildman–Crippen LogP) is 4.86. The second kappa shape index (κ2) is 7.36. The summed E-state index contributed by atoms with van der Waals surface area (Å²) < 4.78 is 12.0. The van der Waals surface area contributed by atoms with Crippen molar-refractivity contribution in [1.29, 1.82) is 0 Å². The number of anilines is 1. The number of hydrogen-bond acceptors (Lipinski definition) is 3. The fourth-order valence-corrected chi connectivity index (χ4v) is 2.46. The van der Waals surface area contributed by atoms with Gasteiger partial charge in [-0.3, -0.25) is 0 Å². The van der Waals surface area contributed by atoms with Gasteiger partial charge in [-0.05, 0) is 43.7 Å². The zero-order valence-electron chi connectivity index (χ0n) is 12.5. The van der Waals surface area contributed by atoms with Crippen molar-refractivity contribution in [3.8, 4) is 11.5 Å². The average Bonchev–Trinajstić information content (AvgIpc) is 2.44. The summed E-state index contributed by atoms with van der Waals surface area (Å²) in [6.45, 7) is 4.78. The fourth-order valence-electron chi connectivity index (χ4n) is 1.99. The first kappa shape index (κ1) is 15.7. The first-order valence-corrected chi connectivity index (χ1v) is 7.70. The van der Waals surface area contributed by atoms with Gasteiger partial charge in [0.2, 0.25) is 0 Å². The van der Waals surface area contributed by atoms with Crippen LogP contribution in [-0.2, 0) is 6.54 Å². The lowest BCUT2D eigenvalue weighted by Gasteiger charge is -2.12. The molecule has 0 fully saturated rings. The van der Waals surface area contributed by atoms with Crippen molar-refractivity contribution in [3.63, 3.8) is 0 Å². The van der Waals surface area contributed by atoms with Crippen LogP contribution in [0.4, 0.5) is 5.69 Å². The molecule has 0 heterocycles. The Morgan fingerprint density at radius 1 is 1.10 bits per heavy atom. The Hall–Kier alpha value is -1.68. The molecule has 0 aliphatic carbocycles. The number of nitrogens with one attached hydrogen (secondary N) is 1. The lowest BCUT2D eigenvalue weighted by Crippen LogP contribution is -2.06. The maximum Gasteiger partial charge on any atom is 0.122 e. The van der Waals surface area contributed by atoms with Gasteiger partial charge in [-0.25, -0.2) is 0 Å². The molecule has 0 radical (unpaired) electrons. The molecule has 0 atom stereocenters. The minimum absolute atomic E-state index is 0.183. The van der Waals surface area contributed by atoms with E-state index >= 15 is 0 Å². The summed E-state index contributed by atoms with van der Waals surface area (Å²) in [6.07, 6.45) is 0.183. The molecule has 0 saturated carbocycles. The molecule has 2 rings (SSSR count). The van der Waals surface area contributed by atoms with Crippen LogP contribution in [0.1, 0.15) is 19.4 Å². The van der Waals surface area contributed by atoms with Crippen LogP contribution in [0.2, 0.25) is 0 Å². The summed E-state index contributed by atoms with van der Waals surface area (Å²) >= 11 is 3.48. The Bertz CT molecular complexity index is 599. The highest BCUT2D eigenvalue weighted by atomic mass is 79.9. The van der Waals surface area contributed by atoms with Crippen LogP contribution in [0.15, 0.2) is 46.9 Å². The van der Waals surface area contributed by atoms with Crippen LogP contribution >= 0.6 is 15.9 Å². The van der Waals surface area contributed by atoms with E-state index in [0.29, 0.717) is 0 Å². The largest absolute Gasteiger partial charge is 0.497 e. The zero-order chi connectivity index (χ0) is 15.2. The molecule has 21 heavy (non-hydrogen) atoms. The third-order valence-electron chi connectivity index (χ3n) is 2.87. The highest BCUT2D eigenvalue weighted by molar-refractivity contribution is 9.10. The van der Waals surface area contributed by atoms with Crippen LogP contribution in [-0.4, -0.2) is 13.2 Å². The molecule has 0 bridgehead atoms. The van der Waals surface area contributed by atoms with E-state index in [0.717, 1.165) is 28.2 Å². The summed E-state index contributed by atoms with van der Waals surface area (Å²) in [5.74, 6) is 1.72. The molecule has 0 spiro atoms. The second-order valence-corrected chi connectivity index (χ2v) is 5.96. The van der Waals surface area contributed by atoms with Gasteiger partial charge >= 0.3 is 0 Å². The molecule has 0 unspecified atom stereocenters. The van der Waals surface area contributed by atoms with Crippen molar-refractivity contribution in [2.24, 2.45) is 0 Å². The van der Waals surface area contributed by atoms with Gasteiger partial charge in [-0.15, -0.1) is 0 Å². The quantitative estimate of drug-likeness (QED) is 0.807. The first-order valence-electron chi connectivity index (χ1n) is 6.91. The smallest absolute Gasteiger partial charge is 0.122 e. The van der Waals surface area contributed by atoms with Crippen molar-refractivity contribution in [2.75, 3.05) is 12.4 Å². The highest BCUT2D eigenvalue weighted by Crippen LogP contribution is 2.25. The first-order chi connectivity index (χ1) is 10.1. The van der Waals surface area contributed by atoms with Crippen LogP contribution in [0.3, 0.4) is 0 Å². The number of methoxy groups -OCH3 is 1. The van der Waals surface area contributed by atoms with E-state index in [1.165, 1.54) is 5.56 Å². The van der Waals surface area contributed by atoms with E-state index in [4.69, 9.17) is 9.47 Å². The molecular formula is C17H20BrNO2. The van der Waals surface area contributed by atoms with Crippen molar-refractivity contribution in [2.45, 2.75) is 26.5 Å². The van der Waals surface area contributed by atoms with E-state index in [1.807, 2.05) is 44.2 Å². The van der Waals surface area contributed by atoms with E-state index in [2.05, 4.69) is 33.4 Å². The molecule has 0 aliphatic rings. The van der Waals surface area contributed by atoms with Gasteiger partial charge < -0.3 is 14.8 Å². The number of benzene rings is 2. The predicted molar refractivity (Wildman–Crippen MR) is 90.2 cm³/mol. The lowest BCUT2D eigenvalue weighted by molar-refractivity contribution is 0.242. The highest BCUT2D eigenvalue weighted by Gasteiger charge is 2.02. The molecule has 0 aliphatic heterocycles. The topological polar surface area (TPSA) is 30.5 Å². The van der Waals surface area contributed by atoms with Gasteiger partial charge in [0.05, 0.1) is 13.2 Å². The van der Waals surface area contributed by atoms with Crippen LogP contribution in [0.5, 0.6) is 11.5 Å². The third-order valence-corrected chi connectivity index (χ3v) is 3.33. The molecular weight excluding hydrogens is 330 g/mol. The van der Waals surface area contributed by atoms with Crippen molar-refractivity contribution in [1.82, 2.24) is 0 Å². The van der Waals surface area contributed by atoms with Gasteiger partial charge in [0.1, 0.15) is 11.5 Å². The Labute approximate surface area is 134 Å². The summed E-state index contributed by atoms with van der Waals surface area (Å²) in [6, 6.07) is 14.1. The van der Waals surface area contributed by atoms with Crippen LogP contribution in [0.25, 0.3) is 0 Å². The van der Waals surface area contributed by atoms with E-state index in [-0.39, 0.29) is 6.10 Å². The van der Waals surface area contributed by atoms with Gasteiger partial charge in [0.25, 0.3) is 0 Å². The van der Waals surface area contributed by atoms with Crippen LogP contribution in [0, 0.1) is 0 Å². The van der Waals surface area contributed by atoms with Crippen molar-refractivity contribution < 1.29 is 9.47 Å². The SMILES string of the molecule is COc1cc(Br)cc(NCc2cccc(OC(C)C)c2)c1. The second-order valence-electron chi connectivity index (χ2n) is 5.05. The summed E-state index contributed by atoms with van der Waals surface area (Å²) in [5, 5.41) is 3.39. The summed E-state index contributed by atoms with van der Waals surface area (Å²) in [7, 11) is 1.66.